The number of aromatic nitrogens is 5. The Bertz CT molecular complexity index is 1460. The quantitative estimate of drug-likeness (QED) is 0.238. The van der Waals surface area contributed by atoms with Crippen molar-refractivity contribution in [1.29, 1.82) is 0 Å². The number of Topliss-reactive ketones (excluding diaryl/α,β-unsaturated/α-hetero) is 1. The normalized spacial score (nSPS) is 19.6. The summed E-state index contributed by atoms with van der Waals surface area (Å²) in [4.78, 5) is 38.6. The third-order valence-corrected chi connectivity index (χ3v) is 7.65. The molecule has 0 amide bonds. The number of fused-ring (bicyclic) bond motifs is 1. The summed E-state index contributed by atoms with van der Waals surface area (Å²) in [7, 11) is 1.54. The van der Waals surface area contributed by atoms with E-state index in [1.54, 1.807) is 25.0 Å². The van der Waals surface area contributed by atoms with Crippen molar-refractivity contribution < 1.29 is 24.2 Å². The van der Waals surface area contributed by atoms with E-state index in [4.69, 9.17) is 20.2 Å². The van der Waals surface area contributed by atoms with Crippen LogP contribution in [-0.2, 0) is 14.3 Å². The minimum atomic E-state index is -1.28. The van der Waals surface area contributed by atoms with Gasteiger partial charge in [-0.05, 0) is 38.7 Å². The molecule has 198 valence electrons. The van der Waals surface area contributed by atoms with Crippen LogP contribution in [0.1, 0.15) is 54.6 Å². The number of aliphatic carboxylic acids is 1. The molecule has 1 fully saturated rings. The highest BCUT2D eigenvalue weighted by Crippen LogP contribution is 2.42. The predicted octanol–water partition coefficient (Wildman–Crippen LogP) is 3.84. The van der Waals surface area contributed by atoms with Crippen LogP contribution in [0.3, 0.4) is 0 Å². The van der Waals surface area contributed by atoms with Crippen LogP contribution in [0.4, 0.5) is 5.82 Å². The summed E-state index contributed by atoms with van der Waals surface area (Å²) >= 11 is 1.50. The number of thiazole rings is 1. The molecule has 0 unspecified atom stereocenters. The second-order valence-corrected chi connectivity index (χ2v) is 10.0. The Morgan fingerprint density at radius 1 is 1.18 bits per heavy atom. The molecule has 0 aromatic carbocycles. The van der Waals surface area contributed by atoms with Gasteiger partial charge in [0.15, 0.2) is 17.0 Å². The van der Waals surface area contributed by atoms with Gasteiger partial charge in [-0.25, -0.2) is 14.8 Å². The van der Waals surface area contributed by atoms with Crippen molar-refractivity contribution in [2.24, 2.45) is 0 Å². The predicted molar refractivity (Wildman–Crippen MR) is 141 cm³/mol. The minimum absolute atomic E-state index is 0.160. The number of hydrogen-bond donors (Lipinski definition) is 2. The molecule has 12 heteroatoms. The number of pyridine rings is 1. The zero-order chi connectivity index (χ0) is 26.9. The Hall–Kier alpha value is -3.74. The summed E-state index contributed by atoms with van der Waals surface area (Å²) in [6.07, 6.45) is 4.93. The Morgan fingerprint density at radius 3 is 2.58 bits per heavy atom. The molecule has 3 N–H and O–H groups in total. The monoisotopic (exact) mass is 536 g/mol. The first-order chi connectivity index (χ1) is 18.3. The third-order valence-electron chi connectivity index (χ3n) is 7.07. The van der Waals surface area contributed by atoms with E-state index in [1.807, 2.05) is 17.5 Å². The van der Waals surface area contributed by atoms with Gasteiger partial charge in [0, 0.05) is 35.7 Å². The van der Waals surface area contributed by atoms with Gasteiger partial charge in [0.1, 0.15) is 5.82 Å². The Morgan fingerprint density at radius 2 is 1.97 bits per heavy atom. The highest BCUT2D eigenvalue weighted by Gasteiger charge is 2.44. The van der Waals surface area contributed by atoms with Crippen LogP contribution < -0.4 is 5.73 Å². The van der Waals surface area contributed by atoms with Crippen molar-refractivity contribution in [2.75, 3.05) is 26.1 Å². The fourth-order valence-corrected chi connectivity index (χ4v) is 5.58. The van der Waals surface area contributed by atoms with Gasteiger partial charge in [-0.1, -0.05) is 6.07 Å². The van der Waals surface area contributed by atoms with E-state index in [2.05, 4.69) is 15.1 Å². The van der Waals surface area contributed by atoms with Crippen LogP contribution in [0, 0.1) is 0 Å². The SMILES string of the molecule is COCCO[C@]1(C(=O)O)CC[C@H](c2nc3c(-c4ccc(-c5cscn5)nc4)cnn3c(N)c2C(C)=O)CC1. The lowest BCUT2D eigenvalue weighted by molar-refractivity contribution is -0.173. The van der Waals surface area contributed by atoms with Crippen LogP contribution in [-0.4, -0.2) is 67.3 Å². The van der Waals surface area contributed by atoms with E-state index in [-0.39, 0.29) is 37.0 Å². The molecule has 1 saturated carbocycles. The van der Waals surface area contributed by atoms with Gasteiger partial charge < -0.3 is 20.3 Å². The largest absolute Gasteiger partial charge is 0.479 e. The van der Waals surface area contributed by atoms with E-state index in [0.717, 1.165) is 22.5 Å². The highest BCUT2D eigenvalue weighted by atomic mass is 32.1. The van der Waals surface area contributed by atoms with E-state index < -0.39 is 11.6 Å². The molecule has 5 rings (SSSR count). The molecule has 4 aromatic rings. The van der Waals surface area contributed by atoms with Gasteiger partial charge >= 0.3 is 5.97 Å². The zero-order valence-corrected chi connectivity index (χ0v) is 21.9. The number of nitrogens with zero attached hydrogens (tertiary/aromatic N) is 5. The number of carboxylic acid groups (broad SMARTS) is 1. The maximum atomic E-state index is 12.7. The maximum absolute atomic E-state index is 12.7. The number of rotatable bonds is 9. The van der Waals surface area contributed by atoms with E-state index >= 15 is 0 Å². The number of ether oxygens (including phenoxy) is 2. The van der Waals surface area contributed by atoms with Gasteiger partial charge in [0.2, 0.25) is 0 Å². The summed E-state index contributed by atoms with van der Waals surface area (Å²) in [6.45, 7) is 1.95. The highest BCUT2D eigenvalue weighted by molar-refractivity contribution is 7.07. The molecule has 1 aliphatic rings. The van der Waals surface area contributed by atoms with Gasteiger partial charge in [-0.2, -0.15) is 9.61 Å². The zero-order valence-electron chi connectivity index (χ0n) is 21.1. The number of ketones is 1. The first kappa shape index (κ1) is 25.9. The number of nitrogen functional groups attached to an aromatic ring is 1. The maximum Gasteiger partial charge on any atom is 0.335 e. The van der Waals surface area contributed by atoms with Gasteiger partial charge in [-0.15, -0.1) is 11.3 Å². The molecule has 0 bridgehead atoms. The fourth-order valence-electron chi connectivity index (χ4n) is 5.03. The summed E-state index contributed by atoms with van der Waals surface area (Å²) in [6, 6.07) is 3.81. The molecule has 0 aliphatic heterocycles. The van der Waals surface area contributed by atoms with E-state index in [0.29, 0.717) is 36.4 Å². The molecule has 4 aromatic heterocycles. The molecular weight excluding hydrogens is 508 g/mol. The van der Waals surface area contributed by atoms with Crippen molar-refractivity contribution >= 4 is 34.6 Å². The van der Waals surface area contributed by atoms with Crippen LogP contribution in [0.25, 0.3) is 28.2 Å². The number of anilines is 1. The second-order valence-electron chi connectivity index (χ2n) is 9.33. The van der Waals surface area contributed by atoms with Gasteiger partial charge in [0.25, 0.3) is 0 Å². The summed E-state index contributed by atoms with van der Waals surface area (Å²) in [5.74, 6) is -1.16. The second kappa shape index (κ2) is 10.6. The number of carbonyl (C=O) groups is 2. The lowest BCUT2D eigenvalue weighted by Gasteiger charge is -2.37. The fraction of sp³-hybridized carbons (Fsp3) is 0.385. The lowest BCUT2D eigenvalue weighted by Crippen LogP contribution is -2.45. The first-order valence-electron chi connectivity index (χ1n) is 12.2. The van der Waals surface area contributed by atoms with Gasteiger partial charge in [0.05, 0.1) is 47.6 Å². The van der Waals surface area contributed by atoms with Crippen molar-refractivity contribution in [1.82, 2.24) is 24.6 Å². The Balaban J connectivity index is 1.50. The van der Waals surface area contributed by atoms with E-state index in [1.165, 1.54) is 22.8 Å². The molecule has 0 spiro atoms. The molecule has 1 aliphatic carbocycles. The van der Waals surface area contributed by atoms with Crippen molar-refractivity contribution in [2.45, 2.75) is 44.1 Å². The number of carbonyl (C=O) groups excluding carboxylic acids is 1. The molecule has 0 radical (unpaired) electrons. The molecule has 38 heavy (non-hydrogen) atoms. The smallest absolute Gasteiger partial charge is 0.335 e. The molecule has 0 saturated heterocycles. The summed E-state index contributed by atoms with van der Waals surface area (Å²) in [5.41, 5.74) is 11.4. The Kier molecular flexibility index (Phi) is 7.19. The number of hydrogen-bond acceptors (Lipinski definition) is 10. The number of methoxy groups -OCH3 is 1. The summed E-state index contributed by atoms with van der Waals surface area (Å²) in [5, 5.41) is 16.3. The third kappa shape index (κ3) is 4.66. The van der Waals surface area contributed by atoms with Gasteiger partial charge in [-0.3, -0.25) is 9.78 Å². The first-order valence-corrected chi connectivity index (χ1v) is 13.2. The molecule has 0 atom stereocenters. The van der Waals surface area contributed by atoms with Crippen molar-refractivity contribution in [3.8, 4) is 22.5 Å². The minimum Gasteiger partial charge on any atom is -0.479 e. The van der Waals surface area contributed by atoms with Crippen LogP contribution in [0.15, 0.2) is 35.4 Å². The lowest BCUT2D eigenvalue weighted by atomic mass is 9.76. The average molecular weight is 537 g/mol. The topological polar surface area (TPSA) is 155 Å². The summed E-state index contributed by atoms with van der Waals surface area (Å²) < 4.78 is 12.3. The molecular formula is C26H28N6O5S. The molecule has 4 heterocycles. The van der Waals surface area contributed by atoms with Crippen LogP contribution in [0.5, 0.6) is 0 Å². The van der Waals surface area contributed by atoms with E-state index in [9.17, 15) is 14.7 Å². The van der Waals surface area contributed by atoms with Crippen molar-refractivity contribution in [3.63, 3.8) is 0 Å². The van der Waals surface area contributed by atoms with Crippen LogP contribution >= 0.6 is 11.3 Å². The van der Waals surface area contributed by atoms with Crippen molar-refractivity contribution in [3.05, 3.63) is 46.7 Å². The number of carboxylic acids is 1. The number of nitrogens with two attached hydrogens (primary N) is 1. The molecule has 11 nitrogen and oxygen atoms in total. The Labute approximate surface area is 222 Å². The van der Waals surface area contributed by atoms with Crippen LogP contribution in [0.2, 0.25) is 0 Å². The average Bonchev–Trinajstić information content (AvgIpc) is 3.60. The standard InChI is InChI=1S/C26H28N6O5S/c1-15(33)21-22(16-5-7-26(8-6-16,25(34)35)37-10-9-36-2)31-24-18(12-30-32(24)23(21)27)17-3-4-19(28-11-17)20-13-38-14-29-20/h3-4,11-14,16H,5-10,27H2,1-2H3,(H,34,35)/t16-,26+.